The van der Waals surface area contributed by atoms with Crippen LogP contribution in [0.4, 0.5) is 4.39 Å². The van der Waals surface area contributed by atoms with Crippen LogP contribution in [0.25, 0.3) is 11.1 Å². The molecule has 26 heavy (non-hydrogen) atoms. The Balaban J connectivity index is 1.61. The highest BCUT2D eigenvalue weighted by Gasteiger charge is 2.26. The molecule has 3 rings (SSSR count). The number of hydrogen-bond donors (Lipinski definition) is 2. The van der Waals surface area contributed by atoms with E-state index in [1.807, 2.05) is 18.2 Å². The molecule has 1 amide bonds. The maximum atomic E-state index is 14.4. The molecule has 0 bridgehead atoms. The zero-order valence-corrected chi connectivity index (χ0v) is 15.1. The molecule has 0 radical (unpaired) electrons. The molecule has 2 aromatic rings. The van der Waals surface area contributed by atoms with E-state index in [1.54, 1.807) is 18.2 Å². The molecule has 1 fully saturated rings. The van der Waals surface area contributed by atoms with Gasteiger partial charge in [-0.2, -0.15) is 0 Å². The van der Waals surface area contributed by atoms with E-state index in [0.717, 1.165) is 24.0 Å². The van der Waals surface area contributed by atoms with Crippen molar-refractivity contribution < 1.29 is 13.9 Å². The number of amides is 1. The second-order valence-corrected chi connectivity index (χ2v) is 6.94. The second-order valence-electron chi connectivity index (χ2n) is 6.51. The van der Waals surface area contributed by atoms with Crippen molar-refractivity contribution in [1.82, 2.24) is 5.32 Å². The lowest BCUT2D eigenvalue weighted by atomic mass is 9.92. The molecule has 1 heterocycles. The summed E-state index contributed by atoms with van der Waals surface area (Å²) in [5.74, 6) is -0.503. The zero-order valence-electron chi connectivity index (χ0n) is 14.4. The summed E-state index contributed by atoms with van der Waals surface area (Å²) in [5, 5.41) is 3.38. The van der Waals surface area contributed by atoms with Crippen molar-refractivity contribution in [2.45, 2.75) is 25.4 Å². The van der Waals surface area contributed by atoms with Gasteiger partial charge in [0.25, 0.3) is 0 Å². The monoisotopic (exact) mass is 376 g/mol. The van der Waals surface area contributed by atoms with Crippen LogP contribution in [0, 0.1) is 11.7 Å². The van der Waals surface area contributed by atoms with Gasteiger partial charge < -0.3 is 15.8 Å². The van der Waals surface area contributed by atoms with Crippen LogP contribution in [0.3, 0.4) is 0 Å². The number of nitrogens with one attached hydrogen (secondary N) is 1. The Kier molecular flexibility index (Phi) is 6.25. The number of benzene rings is 2. The van der Waals surface area contributed by atoms with Gasteiger partial charge in [-0.05, 0) is 48.1 Å². The van der Waals surface area contributed by atoms with Gasteiger partial charge in [-0.3, -0.25) is 4.79 Å². The summed E-state index contributed by atoms with van der Waals surface area (Å²) in [4.78, 5) is 12.2. The number of carbonyl (C=O) groups is 1. The lowest BCUT2D eigenvalue weighted by molar-refractivity contribution is -0.124. The van der Waals surface area contributed by atoms with Crippen LogP contribution < -0.4 is 11.1 Å². The molecule has 1 saturated heterocycles. The molecule has 3 N–H and O–H groups in total. The van der Waals surface area contributed by atoms with E-state index >= 15 is 0 Å². The van der Waals surface area contributed by atoms with Crippen LogP contribution in [0.5, 0.6) is 0 Å². The van der Waals surface area contributed by atoms with Gasteiger partial charge >= 0.3 is 0 Å². The van der Waals surface area contributed by atoms with E-state index < -0.39 is 6.04 Å². The molecular formula is C20H22ClFN2O2. The van der Waals surface area contributed by atoms with Crippen LogP contribution >= 0.6 is 11.6 Å². The Labute approximate surface area is 157 Å². The molecule has 1 unspecified atom stereocenters. The van der Waals surface area contributed by atoms with E-state index in [9.17, 15) is 9.18 Å². The van der Waals surface area contributed by atoms with Crippen molar-refractivity contribution >= 4 is 17.5 Å². The smallest absolute Gasteiger partial charge is 0.237 e. The van der Waals surface area contributed by atoms with Crippen molar-refractivity contribution in [1.29, 1.82) is 0 Å². The topological polar surface area (TPSA) is 64.4 Å². The summed E-state index contributed by atoms with van der Waals surface area (Å²) < 4.78 is 19.7. The van der Waals surface area contributed by atoms with Gasteiger partial charge in [0.2, 0.25) is 5.91 Å². The molecule has 138 valence electrons. The third-order valence-corrected chi connectivity index (χ3v) is 5.01. The Hall–Kier alpha value is -1.95. The zero-order chi connectivity index (χ0) is 18.5. The first-order chi connectivity index (χ1) is 12.5. The summed E-state index contributed by atoms with van der Waals surface area (Å²) >= 11 is 5.88. The number of ether oxygens (including phenoxy) is 1. The fourth-order valence-corrected chi connectivity index (χ4v) is 3.23. The summed E-state index contributed by atoms with van der Waals surface area (Å²) in [6.07, 6.45) is 1.55. The molecule has 1 atom stereocenters. The van der Waals surface area contributed by atoms with E-state index in [-0.39, 0.29) is 24.2 Å². The standard InChI is InChI=1S/C20H22ClFN2O2/c21-17-5-3-13(4-6-17)15-1-2-16(18(22)11-15)12-24-20(25)19(23)14-7-9-26-10-8-14/h1-6,11,14,19H,7-10,12,23H2,(H,24,25). The number of hydrogen-bond acceptors (Lipinski definition) is 3. The summed E-state index contributed by atoms with van der Waals surface area (Å²) in [6, 6.07) is 11.6. The maximum Gasteiger partial charge on any atom is 0.237 e. The summed E-state index contributed by atoms with van der Waals surface area (Å²) in [5.41, 5.74) is 8.10. The number of halogens is 2. The molecule has 1 aliphatic rings. The van der Waals surface area contributed by atoms with Gasteiger partial charge in [0.15, 0.2) is 0 Å². The van der Waals surface area contributed by atoms with E-state index in [1.165, 1.54) is 6.07 Å². The van der Waals surface area contributed by atoms with Crippen molar-refractivity contribution in [2.24, 2.45) is 11.7 Å². The molecule has 0 spiro atoms. The average Bonchev–Trinajstić information content (AvgIpc) is 2.67. The fraction of sp³-hybridized carbons (Fsp3) is 0.350. The minimum Gasteiger partial charge on any atom is -0.381 e. The Morgan fingerprint density at radius 2 is 1.85 bits per heavy atom. The fourth-order valence-electron chi connectivity index (χ4n) is 3.10. The predicted molar refractivity (Wildman–Crippen MR) is 100 cm³/mol. The Morgan fingerprint density at radius 3 is 2.50 bits per heavy atom. The Bertz CT molecular complexity index is 761. The van der Waals surface area contributed by atoms with Crippen molar-refractivity contribution in [3.05, 3.63) is 58.9 Å². The lowest BCUT2D eigenvalue weighted by Gasteiger charge is -2.26. The van der Waals surface area contributed by atoms with E-state index in [4.69, 9.17) is 22.1 Å². The third-order valence-electron chi connectivity index (χ3n) is 4.76. The molecule has 1 aliphatic heterocycles. The first-order valence-corrected chi connectivity index (χ1v) is 9.08. The molecule has 6 heteroatoms. The molecular weight excluding hydrogens is 355 g/mol. The number of carbonyl (C=O) groups excluding carboxylic acids is 1. The molecule has 0 aliphatic carbocycles. The second kappa shape index (κ2) is 8.62. The van der Waals surface area contributed by atoms with Crippen molar-refractivity contribution in [3.63, 3.8) is 0 Å². The molecule has 0 aromatic heterocycles. The molecule has 2 aromatic carbocycles. The predicted octanol–water partition coefficient (Wildman–Crippen LogP) is 3.52. The maximum absolute atomic E-state index is 14.4. The van der Waals surface area contributed by atoms with Crippen molar-refractivity contribution in [3.8, 4) is 11.1 Å². The van der Waals surface area contributed by atoms with Gasteiger partial charge in [-0.15, -0.1) is 0 Å². The van der Waals surface area contributed by atoms with Gasteiger partial charge in [-0.1, -0.05) is 35.9 Å². The van der Waals surface area contributed by atoms with Crippen LogP contribution in [0.2, 0.25) is 5.02 Å². The number of nitrogens with two attached hydrogens (primary N) is 1. The van der Waals surface area contributed by atoms with Crippen molar-refractivity contribution in [2.75, 3.05) is 13.2 Å². The van der Waals surface area contributed by atoms with Crippen LogP contribution in [0.15, 0.2) is 42.5 Å². The summed E-state index contributed by atoms with van der Waals surface area (Å²) in [7, 11) is 0. The van der Waals surface area contributed by atoms with E-state index in [0.29, 0.717) is 23.8 Å². The van der Waals surface area contributed by atoms with Gasteiger partial charge in [0, 0.05) is 30.3 Å². The first-order valence-electron chi connectivity index (χ1n) is 8.70. The lowest BCUT2D eigenvalue weighted by Crippen LogP contribution is -2.46. The van der Waals surface area contributed by atoms with Gasteiger partial charge in [-0.25, -0.2) is 4.39 Å². The summed E-state index contributed by atoms with van der Waals surface area (Å²) in [6.45, 7) is 1.38. The largest absolute Gasteiger partial charge is 0.381 e. The SMILES string of the molecule is NC(C(=O)NCc1ccc(-c2ccc(Cl)cc2)cc1F)C1CCOCC1. The minimum atomic E-state index is -0.588. The first kappa shape index (κ1) is 18.8. The minimum absolute atomic E-state index is 0.112. The normalized spacial score (nSPS) is 16.3. The third kappa shape index (κ3) is 4.61. The van der Waals surface area contributed by atoms with Crippen LogP contribution in [-0.2, 0) is 16.1 Å². The van der Waals surface area contributed by atoms with Gasteiger partial charge in [0.05, 0.1) is 6.04 Å². The average molecular weight is 377 g/mol. The van der Waals surface area contributed by atoms with Gasteiger partial charge in [0.1, 0.15) is 5.82 Å². The quantitative estimate of drug-likeness (QED) is 0.839. The highest BCUT2D eigenvalue weighted by Crippen LogP contribution is 2.24. The van der Waals surface area contributed by atoms with Crippen LogP contribution in [0.1, 0.15) is 18.4 Å². The molecule has 4 nitrogen and oxygen atoms in total. The molecule has 0 saturated carbocycles. The van der Waals surface area contributed by atoms with E-state index in [2.05, 4.69) is 5.32 Å². The highest BCUT2D eigenvalue weighted by molar-refractivity contribution is 6.30. The number of rotatable bonds is 5. The van der Waals surface area contributed by atoms with Crippen LogP contribution in [-0.4, -0.2) is 25.2 Å². The highest BCUT2D eigenvalue weighted by atomic mass is 35.5. The Morgan fingerprint density at radius 1 is 1.19 bits per heavy atom.